The van der Waals surface area contributed by atoms with E-state index in [1.807, 2.05) is 20.0 Å². The van der Waals surface area contributed by atoms with E-state index < -0.39 is 0 Å². The number of ether oxygens (including phenoxy) is 1. The third-order valence-electron chi connectivity index (χ3n) is 6.64. The molecule has 0 amide bonds. The molecule has 7 heteroatoms. The molecule has 3 aromatic rings. The van der Waals surface area contributed by atoms with E-state index in [2.05, 4.69) is 41.1 Å². The maximum Gasteiger partial charge on any atom is 0.212 e. The van der Waals surface area contributed by atoms with Crippen molar-refractivity contribution in [2.45, 2.75) is 26.2 Å². The van der Waals surface area contributed by atoms with Crippen molar-refractivity contribution in [3.63, 3.8) is 0 Å². The number of carbonyl (C=O) groups excluding carboxylic acids is 2. The Bertz CT molecular complexity index is 1420. The van der Waals surface area contributed by atoms with Gasteiger partial charge in [-0.25, -0.2) is 0 Å². The molecule has 35 heavy (non-hydrogen) atoms. The Kier molecular flexibility index (Phi) is 6.34. The molecule has 0 radical (unpaired) electrons. The number of nitrogens with zero attached hydrogens (tertiary/aromatic N) is 2. The zero-order valence-electron chi connectivity index (χ0n) is 20.1. The third-order valence-corrected chi connectivity index (χ3v) is 6.64. The van der Waals surface area contributed by atoms with Crippen molar-refractivity contribution in [1.29, 1.82) is 0 Å². The summed E-state index contributed by atoms with van der Waals surface area (Å²) < 4.78 is 7.81. The lowest BCUT2D eigenvalue weighted by Crippen LogP contribution is -3.00. The summed E-state index contributed by atoms with van der Waals surface area (Å²) in [5, 5.41) is 4.49. The standard InChI is InChI=1S/C28H25N3O3.ClH/c1-5-34-17-13-14-23-21(15-17)28(2,3)24(31(23)4)16-29-30-22-12-8-11-20-25(22)27(33)19-10-7-6-9-18(19)26(20)32;/h6-16H,5H2,1-4H3;1H. The molecule has 1 heterocycles. The molecule has 0 bridgehead atoms. The lowest BCUT2D eigenvalue weighted by molar-refractivity contribution is -0.400. The van der Waals surface area contributed by atoms with Crippen molar-refractivity contribution in [2.24, 2.45) is 5.10 Å². The fourth-order valence-electron chi connectivity index (χ4n) is 4.90. The predicted octanol–water partition coefficient (Wildman–Crippen LogP) is 1.97. The summed E-state index contributed by atoms with van der Waals surface area (Å²) in [6.07, 6.45) is 1.78. The van der Waals surface area contributed by atoms with Gasteiger partial charge >= 0.3 is 0 Å². The maximum atomic E-state index is 13.2. The van der Waals surface area contributed by atoms with Gasteiger partial charge in [-0.05, 0) is 39.0 Å². The van der Waals surface area contributed by atoms with Gasteiger partial charge in [-0.15, -0.1) is 0 Å². The lowest BCUT2D eigenvalue weighted by Gasteiger charge is -2.19. The number of nitrogens with one attached hydrogen (secondary N) is 1. The minimum Gasteiger partial charge on any atom is -1.00 e. The van der Waals surface area contributed by atoms with Gasteiger partial charge in [-0.2, -0.15) is 9.68 Å². The van der Waals surface area contributed by atoms with Crippen LogP contribution >= 0.6 is 0 Å². The molecule has 0 saturated carbocycles. The van der Waals surface area contributed by atoms with E-state index in [-0.39, 0.29) is 29.4 Å². The van der Waals surface area contributed by atoms with Crippen LogP contribution in [-0.4, -0.2) is 41.7 Å². The molecule has 0 spiro atoms. The van der Waals surface area contributed by atoms with Gasteiger partial charge in [0, 0.05) is 28.3 Å². The Labute approximate surface area is 210 Å². The normalized spacial score (nSPS) is 15.4. The van der Waals surface area contributed by atoms with Gasteiger partial charge in [0.1, 0.15) is 19.0 Å². The Morgan fingerprint density at radius 2 is 1.66 bits per heavy atom. The smallest absolute Gasteiger partial charge is 0.212 e. The van der Waals surface area contributed by atoms with Crippen LogP contribution in [0.1, 0.15) is 58.2 Å². The lowest BCUT2D eigenvalue weighted by atomic mass is 9.82. The fourth-order valence-corrected chi connectivity index (χ4v) is 4.90. The molecule has 178 valence electrons. The average molecular weight is 488 g/mol. The first kappa shape index (κ1) is 24.4. The topological polar surface area (TPSA) is 70.8 Å². The highest BCUT2D eigenvalue weighted by molar-refractivity contribution is 6.34. The molecule has 0 aromatic heterocycles. The first-order chi connectivity index (χ1) is 16.3. The molecule has 3 aromatic carbocycles. The first-order valence-electron chi connectivity index (χ1n) is 11.3. The van der Waals surface area contributed by atoms with Gasteiger partial charge in [0.2, 0.25) is 11.4 Å². The molecule has 1 aliphatic heterocycles. The molecule has 0 atom stereocenters. The highest BCUT2D eigenvalue weighted by atomic mass is 35.5. The van der Waals surface area contributed by atoms with E-state index in [1.54, 1.807) is 48.7 Å². The summed E-state index contributed by atoms with van der Waals surface area (Å²) in [6, 6.07) is 18.3. The minimum absolute atomic E-state index is 0. The Hall–Kier alpha value is -3.77. The molecule has 0 saturated heterocycles. The van der Waals surface area contributed by atoms with Crippen LogP contribution in [0.5, 0.6) is 5.75 Å². The summed E-state index contributed by atoms with van der Waals surface area (Å²) in [5.41, 5.74) is 8.12. The first-order valence-corrected chi connectivity index (χ1v) is 11.3. The molecule has 5 rings (SSSR count). The average Bonchev–Trinajstić information content (AvgIpc) is 3.02. The number of fused-ring (bicyclic) bond motifs is 3. The van der Waals surface area contributed by atoms with E-state index in [4.69, 9.17) is 4.74 Å². The molecule has 0 fully saturated rings. The summed E-state index contributed by atoms with van der Waals surface area (Å²) >= 11 is 0. The number of ketones is 2. The van der Waals surface area contributed by atoms with Crippen LogP contribution in [0.4, 0.5) is 11.4 Å². The van der Waals surface area contributed by atoms with Crippen LogP contribution in [-0.2, 0) is 5.41 Å². The van der Waals surface area contributed by atoms with E-state index in [1.165, 1.54) is 0 Å². The quantitative estimate of drug-likeness (QED) is 0.265. The highest BCUT2D eigenvalue weighted by Crippen LogP contribution is 2.40. The number of anilines is 1. The fraction of sp³-hybridized carbons (Fsp3) is 0.214. The highest BCUT2D eigenvalue weighted by Gasteiger charge is 2.44. The summed E-state index contributed by atoms with van der Waals surface area (Å²) in [7, 11) is 2.01. The van der Waals surface area contributed by atoms with Gasteiger partial charge in [0.05, 0.1) is 23.3 Å². The zero-order chi connectivity index (χ0) is 24.0. The van der Waals surface area contributed by atoms with Crippen molar-refractivity contribution in [3.05, 3.63) is 88.5 Å². The zero-order valence-corrected chi connectivity index (χ0v) is 20.8. The van der Waals surface area contributed by atoms with Crippen molar-refractivity contribution < 1.29 is 31.3 Å². The van der Waals surface area contributed by atoms with Crippen molar-refractivity contribution in [3.8, 4) is 5.75 Å². The van der Waals surface area contributed by atoms with Crippen LogP contribution in [0.3, 0.4) is 0 Å². The molecular formula is C28H26ClN3O3. The molecule has 2 aliphatic rings. The molecule has 1 aliphatic carbocycles. The molecular weight excluding hydrogens is 462 g/mol. The SMILES string of the molecule is CCOc1ccc2c(c1)C(C)(C)C(/C=N/Nc1cccc3c1C(=O)c1ccccc1C3=O)=[N+]2C.[Cl-]. The van der Waals surface area contributed by atoms with Gasteiger partial charge in [-0.3, -0.25) is 15.0 Å². The van der Waals surface area contributed by atoms with Gasteiger partial charge in [0.15, 0.2) is 11.6 Å². The maximum absolute atomic E-state index is 13.2. The van der Waals surface area contributed by atoms with Crippen molar-refractivity contribution >= 4 is 34.9 Å². The molecule has 0 unspecified atom stereocenters. The van der Waals surface area contributed by atoms with E-state index in [9.17, 15) is 9.59 Å². The number of rotatable bonds is 5. The second kappa shape index (κ2) is 9.12. The Morgan fingerprint density at radius 3 is 2.37 bits per heavy atom. The predicted molar refractivity (Wildman–Crippen MR) is 133 cm³/mol. The summed E-state index contributed by atoms with van der Waals surface area (Å²) in [5.74, 6) is 0.521. The monoisotopic (exact) mass is 487 g/mol. The number of hydrogen-bond donors (Lipinski definition) is 1. The second-order valence-electron chi connectivity index (χ2n) is 8.98. The second-order valence-corrected chi connectivity index (χ2v) is 8.98. The van der Waals surface area contributed by atoms with Gasteiger partial charge in [0.25, 0.3) is 0 Å². The van der Waals surface area contributed by atoms with Crippen LogP contribution in [0.15, 0.2) is 65.8 Å². The Morgan fingerprint density at radius 1 is 0.971 bits per heavy atom. The van der Waals surface area contributed by atoms with Gasteiger partial charge in [-0.1, -0.05) is 36.4 Å². The molecule has 6 nitrogen and oxygen atoms in total. The third kappa shape index (κ3) is 3.84. The Balaban J connectivity index is 0.00000289. The van der Waals surface area contributed by atoms with E-state index in [0.717, 1.165) is 22.7 Å². The van der Waals surface area contributed by atoms with Gasteiger partial charge < -0.3 is 17.1 Å². The van der Waals surface area contributed by atoms with Crippen LogP contribution < -0.4 is 22.6 Å². The number of hydrazone groups is 1. The van der Waals surface area contributed by atoms with E-state index in [0.29, 0.717) is 34.5 Å². The van der Waals surface area contributed by atoms with Crippen LogP contribution in [0.2, 0.25) is 0 Å². The van der Waals surface area contributed by atoms with E-state index >= 15 is 0 Å². The van der Waals surface area contributed by atoms with Crippen LogP contribution in [0, 0.1) is 0 Å². The largest absolute Gasteiger partial charge is 1.00 e. The number of benzene rings is 3. The summed E-state index contributed by atoms with van der Waals surface area (Å²) in [4.78, 5) is 26.2. The number of hydrogen-bond acceptors (Lipinski definition) is 5. The number of carbonyl (C=O) groups is 2. The van der Waals surface area contributed by atoms with Crippen molar-refractivity contribution in [2.75, 3.05) is 19.1 Å². The number of halogens is 1. The minimum atomic E-state index is -0.288. The molecule has 1 N–H and O–H groups in total. The van der Waals surface area contributed by atoms with Crippen molar-refractivity contribution in [1.82, 2.24) is 0 Å². The van der Waals surface area contributed by atoms with Crippen LogP contribution in [0.25, 0.3) is 0 Å². The summed E-state index contributed by atoms with van der Waals surface area (Å²) in [6.45, 7) is 6.88.